The summed E-state index contributed by atoms with van der Waals surface area (Å²) in [7, 11) is 0. The maximum absolute atomic E-state index is 4.74. The summed E-state index contributed by atoms with van der Waals surface area (Å²) in [6, 6.07) is 0. The third-order valence-corrected chi connectivity index (χ3v) is 3.50. The zero-order valence-corrected chi connectivity index (χ0v) is 10.9. The van der Waals surface area contributed by atoms with Crippen LogP contribution in [0.15, 0.2) is 6.20 Å². The maximum Gasteiger partial charge on any atom is 0.194 e. The first-order valence-corrected chi connectivity index (χ1v) is 6.30. The molecular formula is C12H18N2S. The third kappa shape index (κ3) is 1.69. The molecule has 2 rings (SSSR count). The van der Waals surface area contributed by atoms with Gasteiger partial charge in [0, 0.05) is 16.8 Å². The van der Waals surface area contributed by atoms with Gasteiger partial charge in [-0.3, -0.25) is 4.40 Å². The molecule has 0 radical (unpaired) electrons. The molecule has 2 aromatic heterocycles. The van der Waals surface area contributed by atoms with Gasteiger partial charge in [-0.2, -0.15) is 0 Å². The number of hydrogen-bond acceptors (Lipinski definition) is 2. The second-order valence-electron chi connectivity index (χ2n) is 4.69. The number of aromatic nitrogens is 2. The van der Waals surface area contributed by atoms with Crippen LogP contribution in [-0.4, -0.2) is 9.38 Å². The predicted octanol–water partition coefficient (Wildman–Crippen LogP) is 3.95. The first kappa shape index (κ1) is 10.7. The molecule has 0 amide bonds. The van der Waals surface area contributed by atoms with E-state index >= 15 is 0 Å². The molecule has 0 atom stereocenters. The van der Waals surface area contributed by atoms with E-state index in [-0.39, 0.29) is 0 Å². The van der Waals surface area contributed by atoms with E-state index in [9.17, 15) is 0 Å². The van der Waals surface area contributed by atoms with Crippen molar-refractivity contribution >= 4 is 16.3 Å². The highest BCUT2D eigenvalue weighted by Crippen LogP contribution is 2.30. The van der Waals surface area contributed by atoms with Gasteiger partial charge in [-0.05, 0) is 18.8 Å². The van der Waals surface area contributed by atoms with Crippen LogP contribution >= 0.6 is 11.3 Å². The van der Waals surface area contributed by atoms with Crippen molar-refractivity contribution < 1.29 is 0 Å². The number of rotatable bonds is 2. The Labute approximate surface area is 95.0 Å². The molecule has 15 heavy (non-hydrogen) atoms. The molecule has 3 heteroatoms. The van der Waals surface area contributed by atoms with Gasteiger partial charge in [0.15, 0.2) is 4.96 Å². The Morgan fingerprint density at radius 3 is 2.40 bits per heavy atom. The van der Waals surface area contributed by atoms with Gasteiger partial charge in [0.25, 0.3) is 0 Å². The molecule has 2 aromatic rings. The molecule has 0 aromatic carbocycles. The lowest BCUT2D eigenvalue weighted by Gasteiger charge is -2.09. The molecule has 0 saturated heterocycles. The second kappa shape index (κ2) is 3.63. The van der Waals surface area contributed by atoms with E-state index in [4.69, 9.17) is 4.98 Å². The van der Waals surface area contributed by atoms with Crippen LogP contribution in [-0.2, 0) is 0 Å². The zero-order valence-electron chi connectivity index (χ0n) is 10.0. The highest BCUT2D eigenvalue weighted by Gasteiger charge is 2.18. The summed E-state index contributed by atoms with van der Waals surface area (Å²) in [5.41, 5.74) is 2.64. The van der Waals surface area contributed by atoms with Crippen LogP contribution in [0.4, 0.5) is 0 Å². The fourth-order valence-electron chi connectivity index (χ4n) is 1.99. The first-order valence-electron chi connectivity index (χ1n) is 5.49. The van der Waals surface area contributed by atoms with E-state index < -0.39 is 0 Å². The van der Waals surface area contributed by atoms with E-state index in [0.717, 1.165) is 4.96 Å². The number of fused-ring (bicyclic) bond motifs is 1. The Hall–Kier alpha value is -0.830. The number of thiazole rings is 1. The molecule has 0 saturated carbocycles. The topological polar surface area (TPSA) is 17.3 Å². The molecule has 2 heterocycles. The fraction of sp³-hybridized carbons (Fsp3) is 0.583. The first-order chi connectivity index (χ1) is 7.00. The van der Waals surface area contributed by atoms with Gasteiger partial charge in [0.2, 0.25) is 0 Å². The molecule has 0 aliphatic rings. The third-order valence-electron chi connectivity index (χ3n) is 2.60. The van der Waals surface area contributed by atoms with Crippen LogP contribution in [0.1, 0.15) is 55.8 Å². The van der Waals surface area contributed by atoms with E-state index in [1.807, 2.05) is 0 Å². The van der Waals surface area contributed by atoms with Crippen molar-refractivity contribution in [2.24, 2.45) is 0 Å². The Bertz CT molecular complexity index is 477. The lowest BCUT2D eigenvalue weighted by Crippen LogP contribution is -2.00. The quantitative estimate of drug-likeness (QED) is 0.752. The maximum atomic E-state index is 4.74. The normalized spacial score (nSPS) is 12.2. The average molecular weight is 222 g/mol. The van der Waals surface area contributed by atoms with Crippen molar-refractivity contribution in [2.45, 2.75) is 46.5 Å². The molecule has 2 nitrogen and oxygen atoms in total. The Morgan fingerprint density at radius 1 is 1.20 bits per heavy atom. The summed E-state index contributed by atoms with van der Waals surface area (Å²) in [4.78, 5) is 7.20. The van der Waals surface area contributed by atoms with Crippen molar-refractivity contribution in [1.29, 1.82) is 0 Å². The highest BCUT2D eigenvalue weighted by atomic mass is 32.1. The van der Waals surface area contributed by atoms with Crippen LogP contribution in [0.2, 0.25) is 0 Å². The molecule has 0 bridgehead atoms. The van der Waals surface area contributed by atoms with Crippen molar-refractivity contribution in [2.75, 3.05) is 0 Å². The summed E-state index contributed by atoms with van der Waals surface area (Å²) in [6.07, 6.45) is 2.20. The smallest absolute Gasteiger partial charge is 0.194 e. The number of nitrogens with zero attached hydrogens (tertiary/aromatic N) is 2. The summed E-state index contributed by atoms with van der Waals surface area (Å²) >= 11 is 1.77. The zero-order chi connectivity index (χ0) is 11.2. The lowest BCUT2D eigenvalue weighted by molar-refractivity contribution is 0.745. The summed E-state index contributed by atoms with van der Waals surface area (Å²) in [6.45, 7) is 11.0. The SMILES string of the molecule is Cc1cn2c(C(C)C)c(C(C)C)nc2s1. The van der Waals surface area contributed by atoms with Gasteiger partial charge in [-0.1, -0.05) is 27.7 Å². The minimum absolute atomic E-state index is 0.509. The lowest BCUT2D eigenvalue weighted by atomic mass is 10.0. The van der Waals surface area contributed by atoms with Crippen LogP contribution in [0.3, 0.4) is 0 Å². The Balaban J connectivity index is 2.71. The molecule has 0 aliphatic heterocycles. The van der Waals surface area contributed by atoms with Crippen LogP contribution in [0, 0.1) is 6.92 Å². The Morgan fingerprint density at radius 2 is 1.87 bits per heavy atom. The van der Waals surface area contributed by atoms with Gasteiger partial charge >= 0.3 is 0 Å². The average Bonchev–Trinajstić information content (AvgIpc) is 2.58. The number of hydrogen-bond donors (Lipinski definition) is 0. The van der Waals surface area contributed by atoms with E-state index in [2.05, 4.69) is 45.2 Å². The van der Waals surface area contributed by atoms with Crippen molar-refractivity contribution in [1.82, 2.24) is 9.38 Å². The summed E-state index contributed by atoms with van der Waals surface area (Å²) in [5, 5.41) is 0. The monoisotopic (exact) mass is 222 g/mol. The minimum atomic E-state index is 0.509. The molecule has 0 N–H and O–H groups in total. The van der Waals surface area contributed by atoms with Crippen LogP contribution in [0.25, 0.3) is 4.96 Å². The molecule has 82 valence electrons. The molecule has 0 unspecified atom stereocenters. The van der Waals surface area contributed by atoms with E-state index in [1.165, 1.54) is 16.3 Å². The summed E-state index contributed by atoms with van der Waals surface area (Å²) < 4.78 is 2.26. The van der Waals surface area contributed by atoms with Crippen molar-refractivity contribution in [3.63, 3.8) is 0 Å². The number of imidazole rings is 1. The second-order valence-corrected chi connectivity index (χ2v) is 5.90. The van der Waals surface area contributed by atoms with Crippen LogP contribution < -0.4 is 0 Å². The van der Waals surface area contributed by atoms with Crippen molar-refractivity contribution in [3.8, 4) is 0 Å². The van der Waals surface area contributed by atoms with Gasteiger partial charge in [0.1, 0.15) is 0 Å². The molecular weight excluding hydrogens is 204 g/mol. The molecule has 0 fully saturated rings. The van der Waals surface area contributed by atoms with Crippen molar-refractivity contribution in [3.05, 3.63) is 22.5 Å². The van der Waals surface area contributed by atoms with Gasteiger partial charge < -0.3 is 0 Å². The standard InChI is InChI=1S/C12H18N2S/c1-7(2)10-11(8(3)4)14-6-9(5)15-12(14)13-10/h6-8H,1-5H3. The predicted molar refractivity (Wildman–Crippen MR) is 66.0 cm³/mol. The van der Waals surface area contributed by atoms with Gasteiger partial charge in [-0.15, -0.1) is 11.3 Å². The largest absolute Gasteiger partial charge is 0.294 e. The fourth-order valence-corrected chi connectivity index (χ4v) is 2.83. The van der Waals surface area contributed by atoms with E-state index in [0.29, 0.717) is 11.8 Å². The van der Waals surface area contributed by atoms with E-state index in [1.54, 1.807) is 11.3 Å². The minimum Gasteiger partial charge on any atom is -0.294 e. The Kier molecular flexibility index (Phi) is 2.59. The van der Waals surface area contributed by atoms with Gasteiger partial charge in [0.05, 0.1) is 5.69 Å². The summed E-state index contributed by atoms with van der Waals surface area (Å²) in [5.74, 6) is 1.04. The highest BCUT2D eigenvalue weighted by molar-refractivity contribution is 7.17. The number of aryl methyl sites for hydroxylation is 1. The van der Waals surface area contributed by atoms with Crippen LogP contribution in [0.5, 0.6) is 0 Å². The molecule has 0 spiro atoms. The molecule has 0 aliphatic carbocycles. The van der Waals surface area contributed by atoms with Gasteiger partial charge in [-0.25, -0.2) is 4.98 Å².